The molecule has 0 spiro atoms. The minimum absolute atomic E-state index is 0.0988. The lowest BCUT2D eigenvalue weighted by molar-refractivity contribution is -0.116. The molecule has 0 aliphatic carbocycles. The highest BCUT2D eigenvalue weighted by Crippen LogP contribution is 2.17. The molecule has 0 radical (unpaired) electrons. The van der Waals surface area contributed by atoms with Crippen molar-refractivity contribution in [2.45, 2.75) is 13.0 Å². The molecule has 0 atom stereocenters. The number of hydrogen-bond acceptors (Lipinski definition) is 4. The zero-order valence-electron chi connectivity index (χ0n) is 14.6. The van der Waals surface area contributed by atoms with Crippen LogP contribution in [0.15, 0.2) is 35.1 Å². The first-order valence-electron chi connectivity index (χ1n) is 8.05. The van der Waals surface area contributed by atoms with E-state index in [1.165, 1.54) is 12.1 Å². The van der Waals surface area contributed by atoms with Crippen molar-refractivity contribution < 1.29 is 14.0 Å². The summed E-state index contributed by atoms with van der Waals surface area (Å²) in [4.78, 5) is 26.0. The Bertz CT molecular complexity index is 778. The second-order valence-electron chi connectivity index (χ2n) is 5.97. The molecule has 0 aliphatic rings. The number of anilines is 1. The van der Waals surface area contributed by atoms with E-state index in [9.17, 15) is 14.0 Å². The number of halogens is 2. The van der Waals surface area contributed by atoms with Crippen LogP contribution in [0.1, 0.15) is 16.8 Å². The van der Waals surface area contributed by atoms with Crippen molar-refractivity contribution in [1.29, 1.82) is 0 Å². The lowest BCUT2D eigenvalue weighted by Crippen LogP contribution is -2.28. The van der Waals surface area contributed by atoms with Crippen LogP contribution >= 0.6 is 15.9 Å². The van der Waals surface area contributed by atoms with Crippen molar-refractivity contribution >= 4 is 33.4 Å². The van der Waals surface area contributed by atoms with Crippen molar-refractivity contribution in [2.24, 2.45) is 0 Å². The molecule has 2 N–H and O–H groups in total. The Hall–Kier alpha value is -2.26. The number of carbonyl (C=O) groups is 2. The highest BCUT2D eigenvalue weighted by Gasteiger charge is 2.12. The predicted octanol–water partition coefficient (Wildman–Crippen LogP) is 2.10. The van der Waals surface area contributed by atoms with Gasteiger partial charge in [0.15, 0.2) is 0 Å². The summed E-state index contributed by atoms with van der Waals surface area (Å²) in [6, 6.07) is 3.86. The molecule has 1 heterocycles. The zero-order valence-corrected chi connectivity index (χ0v) is 16.2. The van der Waals surface area contributed by atoms with E-state index in [4.69, 9.17) is 0 Å². The van der Waals surface area contributed by atoms with E-state index in [1.54, 1.807) is 17.1 Å². The Kier molecular flexibility index (Phi) is 7.28. The van der Waals surface area contributed by atoms with Gasteiger partial charge in [0.25, 0.3) is 5.91 Å². The van der Waals surface area contributed by atoms with E-state index in [-0.39, 0.29) is 24.4 Å². The van der Waals surface area contributed by atoms with Crippen LogP contribution in [0.3, 0.4) is 0 Å². The zero-order chi connectivity index (χ0) is 19.1. The van der Waals surface area contributed by atoms with Gasteiger partial charge in [0.1, 0.15) is 5.82 Å². The van der Waals surface area contributed by atoms with Crippen molar-refractivity contribution in [3.05, 3.63) is 46.4 Å². The van der Waals surface area contributed by atoms with Crippen molar-refractivity contribution in [2.75, 3.05) is 32.5 Å². The van der Waals surface area contributed by atoms with Crippen molar-refractivity contribution in [1.82, 2.24) is 20.0 Å². The van der Waals surface area contributed by atoms with Crippen LogP contribution in [-0.2, 0) is 11.3 Å². The molecular formula is C17H21BrFN5O2. The topological polar surface area (TPSA) is 79.3 Å². The van der Waals surface area contributed by atoms with E-state index in [1.807, 2.05) is 19.0 Å². The maximum Gasteiger partial charge on any atom is 0.252 e. The van der Waals surface area contributed by atoms with Gasteiger partial charge in [-0.3, -0.25) is 14.3 Å². The van der Waals surface area contributed by atoms with Crippen molar-refractivity contribution in [3.63, 3.8) is 0 Å². The van der Waals surface area contributed by atoms with E-state index in [0.29, 0.717) is 10.2 Å². The first kappa shape index (κ1) is 20.1. The average molecular weight is 426 g/mol. The highest BCUT2D eigenvalue weighted by atomic mass is 79.9. The van der Waals surface area contributed by atoms with E-state index < -0.39 is 11.7 Å². The number of nitrogens with one attached hydrogen (secondary N) is 2. The summed E-state index contributed by atoms with van der Waals surface area (Å²) in [5, 5.41) is 9.50. The predicted molar refractivity (Wildman–Crippen MR) is 100 cm³/mol. The molecule has 7 nitrogen and oxygen atoms in total. The summed E-state index contributed by atoms with van der Waals surface area (Å²) in [7, 11) is 3.95. The molecule has 0 aliphatic heterocycles. The fraction of sp³-hybridized carbons (Fsp3) is 0.353. The summed E-state index contributed by atoms with van der Waals surface area (Å²) in [6.07, 6.45) is 3.43. The third kappa shape index (κ3) is 6.23. The molecular weight excluding hydrogens is 405 g/mol. The lowest BCUT2D eigenvalue weighted by atomic mass is 10.2. The van der Waals surface area contributed by atoms with Gasteiger partial charge < -0.3 is 15.5 Å². The van der Waals surface area contributed by atoms with Gasteiger partial charge in [-0.25, -0.2) is 4.39 Å². The van der Waals surface area contributed by atoms with Gasteiger partial charge in [0, 0.05) is 30.2 Å². The number of aromatic nitrogens is 2. The number of likely N-dealkylation sites (N-methyl/N-ethyl adjacent to an activating group) is 1. The standard InChI is InChI=1S/C17H21BrFN5O2/c1-23(2)7-8-24-11-13(10-21-24)22-16(25)5-6-20-17(26)14-9-12(19)3-4-15(14)18/h3-4,9-11H,5-8H2,1-2H3,(H,20,26)(H,22,25). The summed E-state index contributed by atoms with van der Waals surface area (Å²) in [5.74, 6) is -1.18. The minimum atomic E-state index is -0.498. The van der Waals surface area contributed by atoms with E-state index >= 15 is 0 Å². The Morgan fingerprint density at radius 3 is 2.85 bits per heavy atom. The Labute approximate surface area is 159 Å². The number of nitrogens with zero attached hydrogens (tertiary/aromatic N) is 3. The molecule has 140 valence electrons. The Morgan fingerprint density at radius 2 is 2.12 bits per heavy atom. The smallest absolute Gasteiger partial charge is 0.252 e. The van der Waals surface area contributed by atoms with E-state index in [0.717, 1.165) is 19.2 Å². The first-order chi connectivity index (χ1) is 12.3. The van der Waals surface area contributed by atoms with Crippen LogP contribution in [0.5, 0.6) is 0 Å². The van der Waals surface area contributed by atoms with Crippen LogP contribution in [0.25, 0.3) is 0 Å². The molecule has 2 amide bonds. The second kappa shape index (κ2) is 9.44. The largest absolute Gasteiger partial charge is 0.351 e. The molecule has 1 aromatic carbocycles. The minimum Gasteiger partial charge on any atom is -0.351 e. The summed E-state index contributed by atoms with van der Waals surface area (Å²) >= 11 is 3.20. The number of benzene rings is 1. The number of rotatable bonds is 8. The molecule has 0 unspecified atom stereocenters. The Morgan fingerprint density at radius 1 is 1.35 bits per heavy atom. The van der Waals surface area contributed by atoms with Gasteiger partial charge in [-0.05, 0) is 48.2 Å². The van der Waals surface area contributed by atoms with Gasteiger partial charge in [-0.15, -0.1) is 0 Å². The van der Waals surface area contributed by atoms with Crippen LogP contribution in [0.2, 0.25) is 0 Å². The summed E-state index contributed by atoms with van der Waals surface area (Å²) in [6.45, 7) is 1.71. The monoisotopic (exact) mass is 425 g/mol. The quantitative estimate of drug-likeness (QED) is 0.678. The molecule has 9 heteroatoms. The number of hydrogen-bond donors (Lipinski definition) is 2. The molecule has 0 saturated carbocycles. The average Bonchev–Trinajstić information content (AvgIpc) is 3.02. The van der Waals surface area contributed by atoms with Gasteiger partial charge in [-0.1, -0.05) is 0 Å². The SMILES string of the molecule is CN(C)CCn1cc(NC(=O)CCNC(=O)c2cc(F)ccc2Br)cn1. The van der Waals surface area contributed by atoms with Crippen LogP contribution < -0.4 is 10.6 Å². The molecule has 1 aromatic heterocycles. The lowest BCUT2D eigenvalue weighted by Gasteiger charge is -2.08. The number of carbonyl (C=O) groups excluding carboxylic acids is 2. The van der Waals surface area contributed by atoms with Crippen LogP contribution in [0, 0.1) is 5.82 Å². The number of amides is 2. The summed E-state index contributed by atoms with van der Waals surface area (Å²) < 4.78 is 15.5. The third-order valence-electron chi connectivity index (χ3n) is 3.50. The van der Waals surface area contributed by atoms with Gasteiger partial charge in [0.2, 0.25) is 5.91 Å². The maximum atomic E-state index is 13.2. The fourth-order valence-corrected chi connectivity index (χ4v) is 2.56. The van der Waals surface area contributed by atoms with Gasteiger partial charge >= 0.3 is 0 Å². The van der Waals surface area contributed by atoms with Gasteiger partial charge in [-0.2, -0.15) is 5.10 Å². The molecule has 26 heavy (non-hydrogen) atoms. The molecule has 0 saturated heterocycles. The van der Waals surface area contributed by atoms with Crippen molar-refractivity contribution in [3.8, 4) is 0 Å². The molecule has 2 rings (SSSR count). The van der Waals surface area contributed by atoms with Crippen LogP contribution in [0.4, 0.5) is 10.1 Å². The van der Waals surface area contributed by atoms with Gasteiger partial charge in [0.05, 0.1) is 24.0 Å². The van der Waals surface area contributed by atoms with E-state index in [2.05, 4.69) is 31.7 Å². The summed E-state index contributed by atoms with van der Waals surface area (Å²) in [5.41, 5.74) is 0.792. The molecule has 2 aromatic rings. The van der Waals surface area contributed by atoms with Crippen LogP contribution in [-0.4, -0.2) is 53.7 Å². The normalized spacial score (nSPS) is 10.8. The first-order valence-corrected chi connectivity index (χ1v) is 8.84. The molecule has 0 fully saturated rings. The second-order valence-corrected chi connectivity index (χ2v) is 6.83. The molecule has 0 bridgehead atoms. The maximum absolute atomic E-state index is 13.2. The highest BCUT2D eigenvalue weighted by molar-refractivity contribution is 9.10. The fourth-order valence-electron chi connectivity index (χ4n) is 2.13. The third-order valence-corrected chi connectivity index (χ3v) is 4.20. The Balaban J connectivity index is 1.76.